The lowest BCUT2D eigenvalue weighted by molar-refractivity contribution is 0.0730. The average molecular weight is 465 g/mol. The molecule has 0 radical (unpaired) electrons. The van der Waals surface area contributed by atoms with E-state index < -0.39 is 20.0 Å². The van der Waals surface area contributed by atoms with Crippen LogP contribution in [0.1, 0.15) is 5.56 Å². The van der Waals surface area contributed by atoms with Crippen molar-refractivity contribution in [2.75, 3.05) is 31.0 Å². The molecule has 0 atom stereocenters. The SMILES string of the molecule is Cc1ccc(NS(=O)(=O)c2cc(Cl)cc(Cl)c2)cc1S(=O)(=O)N1CCOCC1. The number of nitrogens with one attached hydrogen (secondary N) is 1. The highest BCUT2D eigenvalue weighted by molar-refractivity contribution is 7.92. The Balaban J connectivity index is 1.95. The number of halogens is 2. The number of rotatable bonds is 5. The standard InChI is InChI=1S/C17H18Cl2N2O5S2/c1-12-2-3-15(11-17(12)28(24,25)21-4-6-26-7-5-21)20-27(22,23)16-9-13(18)8-14(19)10-16/h2-3,8-11,20H,4-7H2,1H3. The average Bonchev–Trinajstić information content (AvgIpc) is 2.63. The Hall–Kier alpha value is -1.36. The number of benzene rings is 2. The molecule has 0 saturated carbocycles. The van der Waals surface area contributed by atoms with Gasteiger partial charge in [-0.3, -0.25) is 4.72 Å². The minimum atomic E-state index is -4.01. The molecule has 0 unspecified atom stereocenters. The van der Waals surface area contributed by atoms with E-state index in [1.807, 2.05) is 0 Å². The fourth-order valence-electron chi connectivity index (χ4n) is 2.77. The number of sulfonamides is 2. The van der Waals surface area contributed by atoms with Gasteiger partial charge in [-0.05, 0) is 42.8 Å². The third-order valence-electron chi connectivity index (χ3n) is 4.17. The van der Waals surface area contributed by atoms with Crippen LogP contribution in [0.15, 0.2) is 46.2 Å². The van der Waals surface area contributed by atoms with Gasteiger partial charge in [-0.15, -0.1) is 0 Å². The van der Waals surface area contributed by atoms with E-state index in [0.717, 1.165) is 0 Å². The summed E-state index contributed by atoms with van der Waals surface area (Å²) in [4.78, 5) is -0.0816. The topological polar surface area (TPSA) is 92.8 Å². The summed E-state index contributed by atoms with van der Waals surface area (Å²) in [6, 6.07) is 8.29. The summed E-state index contributed by atoms with van der Waals surface area (Å²) in [5.74, 6) is 0. The molecule has 1 heterocycles. The van der Waals surface area contributed by atoms with Gasteiger partial charge in [0.1, 0.15) is 0 Å². The molecule has 2 aromatic rings. The molecule has 11 heteroatoms. The van der Waals surface area contributed by atoms with Crippen LogP contribution in [0.3, 0.4) is 0 Å². The first-order valence-electron chi connectivity index (χ1n) is 8.27. The van der Waals surface area contributed by atoms with Crippen LogP contribution in [0.5, 0.6) is 0 Å². The number of anilines is 1. The molecule has 1 N–H and O–H groups in total. The molecule has 1 fully saturated rings. The normalized spacial score (nSPS) is 16.1. The van der Waals surface area contributed by atoms with Gasteiger partial charge in [0.05, 0.1) is 28.7 Å². The third-order valence-corrected chi connectivity index (χ3v) is 8.01. The molecule has 0 aliphatic carbocycles. The van der Waals surface area contributed by atoms with Gasteiger partial charge < -0.3 is 4.74 Å². The molecule has 1 aliphatic heterocycles. The summed E-state index contributed by atoms with van der Waals surface area (Å²) in [6.07, 6.45) is 0. The Morgan fingerprint density at radius 2 is 1.57 bits per heavy atom. The Labute approximate surface area is 174 Å². The first-order valence-corrected chi connectivity index (χ1v) is 11.9. The second-order valence-electron chi connectivity index (χ2n) is 6.21. The fourth-order valence-corrected chi connectivity index (χ4v) is 6.20. The van der Waals surface area contributed by atoms with Crippen LogP contribution >= 0.6 is 23.2 Å². The molecule has 0 amide bonds. The molecule has 7 nitrogen and oxygen atoms in total. The first-order chi connectivity index (χ1) is 13.1. The van der Waals surface area contributed by atoms with E-state index in [1.165, 1.54) is 34.6 Å². The number of ether oxygens (including phenoxy) is 1. The molecular formula is C17H18Cl2N2O5S2. The molecule has 1 saturated heterocycles. The van der Waals surface area contributed by atoms with Gasteiger partial charge >= 0.3 is 0 Å². The fraction of sp³-hybridized carbons (Fsp3) is 0.294. The lowest BCUT2D eigenvalue weighted by atomic mass is 10.2. The van der Waals surface area contributed by atoms with Crippen molar-refractivity contribution in [1.29, 1.82) is 0 Å². The number of hydrogen-bond acceptors (Lipinski definition) is 5. The number of aryl methyl sites for hydroxylation is 1. The zero-order chi connectivity index (χ0) is 20.5. The van der Waals surface area contributed by atoms with Crippen molar-refractivity contribution in [2.45, 2.75) is 16.7 Å². The molecule has 1 aliphatic rings. The van der Waals surface area contributed by atoms with Gasteiger partial charge in [-0.2, -0.15) is 4.31 Å². The van der Waals surface area contributed by atoms with Crippen LogP contribution in [0.4, 0.5) is 5.69 Å². The molecule has 0 spiro atoms. The van der Waals surface area contributed by atoms with Crippen molar-refractivity contribution >= 4 is 48.9 Å². The zero-order valence-electron chi connectivity index (χ0n) is 14.9. The summed E-state index contributed by atoms with van der Waals surface area (Å²) < 4.78 is 60.1. The van der Waals surface area contributed by atoms with Gasteiger partial charge in [-0.1, -0.05) is 29.3 Å². The van der Waals surface area contributed by atoms with E-state index in [1.54, 1.807) is 13.0 Å². The van der Waals surface area contributed by atoms with Crippen LogP contribution in [0.25, 0.3) is 0 Å². The minimum Gasteiger partial charge on any atom is -0.379 e. The summed E-state index contributed by atoms with van der Waals surface area (Å²) >= 11 is 11.8. The van der Waals surface area contributed by atoms with Crippen molar-refractivity contribution < 1.29 is 21.6 Å². The molecule has 0 aromatic heterocycles. The van der Waals surface area contributed by atoms with Crippen molar-refractivity contribution in [3.05, 3.63) is 52.0 Å². The molecule has 3 rings (SSSR count). The van der Waals surface area contributed by atoms with Gasteiger partial charge in [0.2, 0.25) is 10.0 Å². The van der Waals surface area contributed by atoms with E-state index in [9.17, 15) is 16.8 Å². The van der Waals surface area contributed by atoms with Crippen LogP contribution in [-0.2, 0) is 24.8 Å². The molecule has 2 aromatic carbocycles. The van der Waals surface area contributed by atoms with Gasteiger partial charge in [0, 0.05) is 23.1 Å². The quantitative estimate of drug-likeness (QED) is 0.733. The Kier molecular flexibility index (Phi) is 6.23. The van der Waals surface area contributed by atoms with E-state index in [4.69, 9.17) is 27.9 Å². The van der Waals surface area contributed by atoms with E-state index >= 15 is 0 Å². The maximum atomic E-state index is 12.9. The lowest BCUT2D eigenvalue weighted by Crippen LogP contribution is -2.40. The Morgan fingerprint density at radius 1 is 0.964 bits per heavy atom. The molecule has 28 heavy (non-hydrogen) atoms. The summed E-state index contributed by atoms with van der Waals surface area (Å²) in [5, 5.41) is 0.347. The number of nitrogens with zero attached hydrogens (tertiary/aromatic N) is 1. The highest BCUT2D eigenvalue weighted by atomic mass is 35.5. The highest BCUT2D eigenvalue weighted by Crippen LogP contribution is 2.27. The third kappa shape index (κ3) is 4.61. The predicted octanol–water partition coefficient (Wildman–Crippen LogP) is 3.12. The zero-order valence-corrected chi connectivity index (χ0v) is 18.0. The van der Waals surface area contributed by atoms with Crippen molar-refractivity contribution in [3.8, 4) is 0 Å². The molecular weight excluding hydrogens is 447 g/mol. The maximum absolute atomic E-state index is 12.9. The van der Waals surface area contributed by atoms with E-state index in [-0.39, 0.29) is 38.6 Å². The van der Waals surface area contributed by atoms with Gasteiger partial charge in [0.25, 0.3) is 10.0 Å². The number of hydrogen-bond donors (Lipinski definition) is 1. The Morgan fingerprint density at radius 3 is 2.18 bits per heavy atom. The van der Waals surface area contributed by atoms with Crippen molar-refractivity contribution in [1.82, 2.24) is 4.31 Å². The number of morpholine rings is 1. The first kappa shape index (κ1) is 21.4. The minimum absolute atomic E-state index is 0.0405. The van der Waals surface area contributed by atoms with Crippen molar-refractivity contribution in [2.24, 2.45) is 0 Å². The second-order valence-corrected chi connectivity index (χ2v) is 10.7. The monoisotopic (exact) mass is 464 g/mol. The maximum Gasteiger partial charge on any atom is 0.261 e. The van der Waals surface area contributed by atoms with E-state index in [0.29, 0.717) is 18.8 Å². The van der Waals surface area contributed by atoms with Crippen LogP contribution in [0.2, 0.25) is 10.0 Å². The largest absolute Gasteiger partial charge is 0.379 e. The molecule has 0 bridgehead atoms. The summed E-state index contributed by atoms with van der Waals surface area (Å²) in [7, 11) is -7.78. The smallest absolute Gasteiger partial charge is 0.261 e. The van der Waals surface area contributed by atoms with E-state index in [2.05, 4.69) is 4.72 Å². The Bertz CT molecular complexity index is 1080. The summed E-state index contributed by atoms with van der Waals surface area (Å²) in [6.45, 7) is 2.79. The lowest BCUT2D eigenvalue weighted by Gasteiger charge is -2.26. The van der Waals surface area contributed by atoms with Crippen LogP contribution in [-0.4, -0.2) is 47.4 Å². The van der Waals surface area contributed by atoms with Crippen LogP contribution in [0, 0.1) is 6.92 Å². The van der Waals surface area contributed by atoms with Gasteiger partial charge in [-0.25, -0.2) is 16.8 Å². The molecule has 152 valence electrons. The summed E-state index contributed by atoms with van der Waals surface area (Å²) in [5.41, 5.74) is 0.633. The van der Waals surface area contributed by atoms with Gasteiger partial charge in [0.15, 0.2) is 0 Å². The van der Waals surface area contributed by atoms with Crippen molar-refractivity contribution in [3.63, 3.8) is 0 Å². The predicted molar refractivity (Wildman–Crippen MR) is 108 cm³/mol. The second kappa shape index (κ2) is 8.17. The highest BCUT2D eigenvalue weighted by Gasteiger charge is 2.28. The van der Waals surface area contributed by atoms with Crippen LogP contribution < -0.4 is 4.72 Å².